The lowest BCUT2D eigenvalue weighted by Gasteiger charge is -2.15. The van der Waals surface area contributed by atoms with Gasteiger partial charge in [0.2, 0.25) is 0 Å². The molecule has 104 valence electrons. The molecule has 3 heteroatoms. The number of epoxide rings is 1. The summed E-state index contributed by atoms with van der Waals surface area (Å²) in [6, 6.07) is 0. The van der Waals surface area contributed by atoms with E-state index < -0.39 is 0 Å². The van der Waals surface area contributed by atoms with E-state index in [1.54, 1.807) is 6.92 Å². The third-order valence-corrected chi connectivity index (χ3v) is 3.48. The summed E-state index contributed by atoms with van der Waals surface area (Å²) in [5, 5.41) is 0. The van der Waals surface area contributed by atoms with Crippen LogP contribution in [0.3, 0.4) is 0 Å². The monoisotopic (exact) mass is 254 g/mol. The summed E-state index contributed by atoms with van der Waals surface area (Å²) in [6.45, 7) is 9.80. The molecule has 2 aliphatic rings. The van der Waals surface area contributed by atoms with E-state index in [0.717, 1.165) is 12.3 Å². The zero-order valence-electron chi connectivity index (χ0n) is 11.9. The molecule has 3 nitrogen and oxygen atoms in total. The molecular weight excluding hydrogens is 228 g/mol. The van der Waals surface area contributed by atoms with E-state index >= 15 is 0 Å². The Balaban J connectivity index is 0.000000180. The lowest BCUT2D eigenvalue weighted by Crippen LogP contribution is -2.11. The van der Waals surface area contributed by atoms with E-state index in [0.29, 0.717) is 24.4 Å². The van der Waals surface area contributed by atoms with Gasteiger partial charge in [0.05, 0.1) is 18.8 Å². The minimum atomic E-state index is -0.295. The number of ether oxygens (including phenoxy) is 2. The van der Waals surface area contributed by atoms with Crippen LogP contribution in [0.15, 0.2) is 12.2 Å². The highest BCUT2D eigenvalue weighted by molar-refractivity contribution is 5.86. The van der Waals surface area contributed by atoms with Gasteiger partial charge in [0, 0.05) is 5.57 Å². The number of carbonyl (C=O) groups is 1. The van der Waals surface area contributed by atoms with Crippen LogP contribution in [0.4, 0.5) is 0 Å². The minimum Gasteiger partial charge on any atom is -0.462 e. The molecule has 0 aromatic heterocycles. The second-order valence-electron chi connectivity index (χ2n) is 5.22. The number of esters is 1. The predicted octanol–water partition coefficient (Wildman–Crippen LogP) is 3.48. The Bertz CT molecular complexity index is 285. The summed E-state index contributed by atoms with van der Waals surface area (Å²) in [5.74, 6) is 0.686. The van der Waals surface area contributed by atoms with E-state index in [1.807, 2.05) is 6.92 Å². The van der Waals surface area contributed by atoms with Crippen molar-refractivity contribution in [1.29, 1.82) is 0 Å². The molecule has 0 radical (unpaired) electrons. The van der Waals surface area contributed by atoms with Crippen LogP contribution in [0.5, 0.6) is 0 Å². The van der Waals surface area contributed by atoms with Crippen LogP contribution < -0.4 is 0 Å². The lowest BCUT2D eigenvalue weighted by molar-refractivity contribution is -0.138. The number of hydrogen-bond donors (Lipinski definition) is 0. The summed E-state index contributed by atoms with van der Waals surface area (Å²) < 4.78 is 10.1. The van der Waals surface area contributed by atoms with Gasteiger partial charge >= 0.3 is 5.97 Å². The third kappa shape index (κ3) is 5.21. The Hall–Kier alpha value is -0.830. The molecule has 18 heavy (non-hydrogen) atoms. The molecule has 0 bridgehead atoms. The zero-order chi connectivity index (χ0) is 13.5. The summed E-state index contributed by atoms with van der Waals surface area (Å²) in [6.07, 6.45) is 7.68. The number of hydrogen-bond acceptors (Lipinski definition) is 3. The Morgan fingerprint density at radius 2 is 2.06 bits per heavy atom. The fourth-order valence-electron chi connectivity index (χ4n) is 2.18. The van der Waals surface area contributed by atoms with Crippen molar-refractivity contribution < 1.29 is 14.3 Å². The first-order chi connectivity index (χ1) is 8.58. The molecule has 3 unspecified atom stereocenters. The minimum absolute atomic E-state index is 0.295. The van der Waals surface area contributed by atoms with Crippen LogP contribution in [0.25, 0.3) is 0 Å². The molecule has 1 saturated carbocycles. The van der Waals surface area contributed by atoms with Crippen molar-refractivity contribution in [3.05, 3.63) is 12.2 Å². The first-order valence-corrected chi connectivity index (χ1v) is 7.06. The van der Waals surface area contributed by atoms with Gasteiger partial charge in [-0.1, -0.05) is 26.8 Å². The van der Waals surface area contributed by atoms with Gasteiger partial charge in [0.1, 0.15) is 0 Å². The van der Waals surface area contributed by atoms with Gasteiger partial charge in [-0.25, -0.2) is 4.79 Å². The maximum atomic E-state index is 10.6. The highest BCUT2D eigenvalue weighted by atomic mass is 16.6. The Morgan fingerprint density at radius 1 is 1.33 bits per heavy atom. The van der Waals surface area contributed by atoms with Crippen LogP contribution >= 0.6 is 0 Å². The number of rotatable bonds is 4. The summed E-state index contributed by atoms with van der Waals surface area (Å²) in [5.41, 5.74) is 0.462. The molecule has 1 saturated heterocycles. The van der Waals surface area contributed by atoms with Gasteiger partial charge in [0.25, 0.3) is 0 Å². The molecular formula is C15H26O3. The smallest absolute Gasteiger partial charge is 0.333 e. The Labute approximate surface area is 111 Å². The fraction of sp³-hybridized carbons (Fsp3) is 0.800. The molecule has 2 fully saturated rings. The number of fused-ring (bicyclic) bond motifs is 1. The normalized spacial score (nSPS) is 28.5. The van der Waals surface area contributed by atoms with Crippen molar-refractivity contribution in [2.45, 2.75) is 65.1 Å². The zero-order valence-corrected chi connectivity index (χ0v) is 11.9. The van der Waals surface area contributed by atoms with Crippen LogP contribution in [0.2, 0.25) is 0 Å². The SMILES string of the molecule is C=C(C)C(=O)OCCC.CCC1CCC2OC2C1. The van der Waals surface area contributed by atoms with E-state index in [-0.39, 0.29) is 5.97 Å². The second kappa shape index (κ2) is 7.57. The van der Waals surface area contributed by atoms with Crippen molar-refractivity contribution in [2.24, 2.45) is 5.92 Å². The fourth-order valence-corrected chi connectivity index (χ4v) is 2.18. The molecule has 0 N–H and O–H groups in total. The maximum absolute atomic E-state index is 10.6. The highest BCUT2D eigenvalue weighted by Gasteiger charge is 2.43. The van der Waals surface area contributed by atoms with Crippen LogP contribution in [0, 0.1) is 5.92 Å². The van der Waals surface area contributed by atoms with Crippen molar-refractivity contribution >= 4 is 5.97 Å². The Morgan fingerprint density at radius 3 is 2.56 bits per heavy atom. The van der Waals surface area contributed by atoms with E-state index in [1.165, 1.54) is 25.7 Å². The number of carbonyl (C=O) groups excluding carboxylic acids is 1. The van der Waals surface area contributed by atoms with Gasteiger partial charge in [-0.15, -0.1) is 0 Å². The second-order valence-corrected chi connectivity index (χ2v) is 5.22. The topological polar surface area (TPSA) is 38.8 Å². The molecule has 1 aliphatic heterocycles. The van der Waals surface area contributed by atoms with Gasteiger partial charge in [-0.05, 0) is 38.5 Å². The quantitative estimate of drug-likeness (QED) is 0.438. The molecule has 1 heterocycles. The van der Waals surface area contributed by atoms with Crippen LogP contribution in [-0.2, 0) is 14.3 Å². The van der Waals surface area contributed by atoms with E-state index in [4.69, 9.17) is 9.47 Å². The average molecular weight is 254 g/mol. The van der Waals surface area contributed by atoms with Gasteiger partial charge in [-0.2, -0.15) is 0 Å². The lowest BCUT2D eigenvalue weighted by atomic mass is 9.88. The van der Waals surface area contributed by atoms with Crippen molar-refractivity contribution in [3.8, 4) is 0 Å². The molecule has 0 amide bonds. The average Bonchev–Trinajstić information content (AvgIpc) is 3.14. The van der Waals surface area contributed by atoms with Gasteiger partial charge in [0.15, 0.2) is 0 Å². The molecule has 0 aromatic carbocycles. The molecule has 2 rings (SSSR count). The maximum Gasteiger partial charge on any atom is 0.333 e. The standard InChI is InChI=1S/C8H14O.C7H12O2/c1-2-6-3-4-7-8(5-6)9-7;1-4-5-9-7(8)6(2)3/h6-8H,2-5H2,1H3;2,4-5H2,1,3H3. The van der Waals surface area contributed by atoms with Crippen molar-refractivity contribution in [1.82, 2.24) is 0 Å². The van der Waals surface area contributed by atoms with Crippen LogP contribution in [0.1, 0.15) is 52.9 Å². The molecule has 3 atom stereocenters. The summed E-state index contributed by atoms with van der Waals surface area (Å²) in [7, 11) is 0. The first kappa shape index (κ1) is 15.2. The molecule has 0 spiro atoms. The van der Waals surface area contributed by atoms with Gasteiger partial charge in [-0.3, -0.25) is 0 Å². The molecule has 0 aromatic rings. The molecule has 1 aliphatic carbocycles. The predicted molar refractivity (Wildman–Crippen MR) is 72.4 cm³/mol. The third-order valence-electron chi connectivity index (χ3n) is 3.48. The van der Waals surface area contributed by atoms with Gasteiger partial charge < -0.3 is 9.47 Å². The van der Waals surface area contributed by atoms with E-state index in [2.05, 4.69) is 13.5 Å². The largest absolute Gasteiger partial charge is 0.462 e. The Kier molecular flexibility index (Phi) is 6.41. The van der Waals surface area contributed by atoms with Crippen molar-refractivity contribution in [3.63, 3.8) is 0 Å². The first-order valence-electron chi connectivity index (χ1n) is 7.06. The van der Waals surface area contributed by atoms with Crippen molar-refractivity contribution in [2.75, 3.05) is 6.61 Å². The van der Waals surface area contributed by atoms with Crippen LogP contribution in [-0.4, -0.2) is 24.8 Å². The summed E-state index contributed by atoms with van der Waals surface area (Å²) >= 11 is 0. The highest BCUT2D eigenvalue weighted by Crippen LogP contribution is 2.40. The van der Waals surface area contributed by atoms with E-state index in [9.17, 15) is 4.79 Å². The summed E-state index contributed by atoms with van der Waals surface area (Å²) in [4.78, 5) is 10.6.